The van der Waals surface area contributed by atoms with Gasteiger partial charge in [-0.15, -0.1) is 0 Å². The molecular formula is C8H9FSi. The highest BCUT2D eigenvalue weighted by Gasteiger charge is 1.97. The normalized spacial score (nSPS) is 9.90. The van der Waals surface area contributed by atoms with E-state index in [-0.39, 0.29) is 0 Å². The van der Waals surface area contributed by atoms with Crippen molar-refractivity contribution in [3.05, 3.63) is 29.3 Å². The maximum atomic E-state index is 12.1. The standard InChI is InChI=1S/C8H9FSi/c1-6-3-4-8(10-9)7(2)5-6/h3-5H,1-2H3. The van der Waals surface area contributed by atoms with Crippen LogP contribution in [-0.2, 0) is 0 Å². The lowest BCUT2D eigenvalue weighted by atomic mass is 10.2. The Kier molecular flexibility index (Phi) is 2.22. The first-order valence-electron chi connectivity index (χ1n) is 3.18. The summed E-state index contributed by atoms with van der Waals surface area (Å²) in [5.74, 6) is 0. The summed E-state index contributed by atoms with van der Waals surface area (Å²) >= 11 is 0. The molecule has 0 aliphatic carbocycles. The van der Waals surface area contributed by atoms with Crippen LogP contribution in [0.1, 0.15) is 11.1 Å². The van der Waals surface area contributed by atoms with E-state index in [0.717, 1.165) is 10.8 Å². The lowest BCUT2D eigenvalue weighted by Crippen LogP contribution is -2.12. The van der Waals surface area contributed by atoms with Crippen LogP contribution in [-0.4, -0.2) is 9.85 Å². The van der Waals surface area contributed by atoms with Crippen molar-refractivity contribution in [2.45, 2.75) is 13.8 Å². The van der Waals surface area contributed by atoms with Gasteiger partial charge in [-0.2, -0.15) is 0 Å². The van der Waals surface area contributed by atoms with Crippen LogP contribution in [0.5, 0.6) is 0 Å². The molecule has 0 fully saturated rings. The first-order chi connectivity index (χ1) is 4.74. The van der Waals surface area contributed by atoms with Crippen LogP contribution in [0.3, 0.4) is 0 Å². The van der Waals surface area contributed by atoms with Gasteiger partial charge in [-0.05, 0) is 24.6 Å². The molecular weight excluding hydrogens is 143 g/mol. The van der Waals surface area contributed by atoms with E-state index >= 15 is 0 Å². The molecule has 2 heteroatoms. The molecule has 0 unspecified atom stereocenters. The van der Waals surface area contributed by atoms with Gasteiger partial charge in [-0.3, -0.25) is 0 Å². The second kappa shape index (κ2) is 2.97. The van der Waals surface area contributed by atoms with Crippen molar-refractivity contribution in [2.75, 3.05) is 0 Å². The van der Waals surface area contributed by atoms with Crippen molar-refractivity contribution >= 4 is 15.0 Å². The highest BCUT2D eigenvalue weighted by Crippen LogP contribution is 1.98. The lowest BCUT2D eigenvalue weighted by molar-refractivity contribution is 0.884. The Hall–Kier alpha value is -0.633. The van der Waals surface area contributed by atoms with Gasteiger partial charge in [-0.1, -0.05) is 23.8 Å². The minimum atomic E-state index is -0.575. The van der Waals surface area contributed by atoms with E-state index in [9.17, 15) is 4.11 Å². The fourth-order valence-corrected chi connectivity index (χ4v) is 1.29. The highest BCUT2D eigenvalue weighted by molar-refractivity contribution is 6.46. The maximum absolute atomic E-state index is 12.1. The van der Waals surface area contributed by atoms with E-state index < -0.39 is 9.85 Å². The zero-order valence-corrected chi connectivity index (χ0v) is 7.11. The highest BCUT2D eigenvalue weighted by atomic mass is 28.3. The average Bonchev–Trinajstić information content (AvgIpc) is 1.88. The van der Waals surface area contributed by atoms with Crippen LogP contribution < -0.4 is 5.19 Å². The minimum Gasteiger partial charge on any atom is -0.308 e. The van der Waals surface area contributed by atoms with Crippen LogP contribution in [0.2, 0.25) is 0 Å². The van der Waals surface area contributed by atoms with E-state index in [0.29, 0.717) is 0 Å². The second-order valence-electron chi connectivity index (χ2n) is 2.41. The van der Waals surface area contributed by atoms with Crippen molar-refractivity contribution in [3.63, 3.8) is 0 Å². The van der Waals surface area contributed by atoms with Crippen molar-refractivity contribution in [3.8, 4) is 0 Å². The average molecular weight is 152 g/mol. The zero-order chi connectivity index (χ0) is 7.56. The van der Waals surface area contributed by atoms with Crippen LogP contribution in [0.25, 0.3) is 0 Å². The molecule has 0 nitrogen and oxygen atoms in total. The monoisotopic (exact) mass is 152 g/mol. The van der Waals surface area contributed by atoms with E-state index in [1.807, 2.05) is 32.0 Å². The first kappa shape index (κ1) is 7.47. The van der Waals surface area contributed by atoms with Crippen LogP contribution in [0.15, 0.2) is 18.2 Å². The summed E-state index contributed by atoms with van der Waals surface area (Å²) in [6.07, 6.45) is 0. The summed E-state index contributed by atoms with van der Waals surface area (Å²) in [7, 11) is -0.575. The van der Waals surface area contributed by atoms with E-state index in [2.05, 4.69) is 0 Å². The van der Waals surface area contributed by atoms with E-state index in [1.165, 1.54) is 5.56 Å². The van der Waals surface area contributed by atoms with Crippen molar-refractivity contribution in [1.29, 1.82) is 0 Å². The number of halogens is 1. The van der Waals surface area contributed by atoms with Gasteiger partial charge >= 0.3 is 9.85 Å². The molecule has 0 saturated carbocycles. The molecule has 1 aromatic rings. The van der Waals surface area contributed by atoms with Gasteiger partial charge in [0.25, 0.3) is 0 Å². The zero-order valence-electron chi connectivity index (χ0n) is 6.11. The fraction of sp³-hybridized carbons (Fsp3) is 0.250. The molecule has 0 heterocycles. The Balaban J connectivity index is 3.07. The van der Waals surface area contributed by atoms with Gasteiger partial charge in [0, 0.05) is 0 Å². The predicted octanol–water partition coefficient (Wildman–Crippen LogP) is 1.52. The number of aryl methyl sites for hydroxylation is 2. The van der Waals surface area contributed by atoms with Gasteiger partial charge in [-0.25, -0.2) is 0 Å². The van der Waals surface area contributed by atoms with Gasteiger partial charge in [0.15, 0.2) is 0 Å². The molecule has 0 aliphatic rings. The maximum Gasteiger partial charge on any atom is 0.333 e. The molecule has 0 saturated heterocycles. The second-order valence-corrected chi connectivity index (χ2v) is 3.14. The summed E-state index contributed by atoms with van der Waals surface area (Å²) in [5, 5.41) is 0.825. The molecule has 0 amide bonds. The van der Waals surface area contributed by atoms with Crippen molar-refractivity contribution in [1.82, 2.24) is 0 Å². The number of hydrogen-bond acceptors (Lipinski definition) is 0. The first-order valence-corrected chi connectivity index (χ1v) is 4.05. The van der Waals surface area contributed by atoms with Gasteiger partial charge < -0.3 is 4.11 Å². The smallest absolute Gasteiger partial charge is 0.308 e. The van der Waals surface area contributed by atoms with Crippen molar-refractivity contribution in [2.24, 2.45) is 0 Å². The number of benzene rings is 1. The molecule has 2 radical (unpaired) electrons. The van der Waals surface area contributed by atoms with Crippen LogP contribution in [0, 0.1) is 13.8 Å². The summed E-state index contributed by atoms with van der Waals surface area (Å²) < 4.78 is 12.1. The predicted molar refractivity (Wildman–Crippen MR) is 42.4 cm³/mol. The molecule has 0 bridgehead atoms. The van der Waals surface area contributed by atoms with Crippen LogP contribution >= 0.6 is 0 Å². The molecule has 1 rings (SSSR count). The Morgan fingerprint density at radius 2 is 2.00 bits per heavy atom. The van der Waals surface area contributed by atoms with Crippen LogP contribution in [0.4, 0.5) is 4.11 Å². The molecule has 0 atom stereocenters. The summed E-state index contributed by atoms with van der Waals surface area (Å²) in [6.45, 7) is 3.95. The van der Waals surface area contributed by atoms with Gasteiger partial charge in [0.1, 0.15) is 0 Å². The Morgan fingerprint density at radius 1 is 1.30 bits per heavy atom. The van der Waals surface area contributed by atoms with Gasteiger partial charge in [0.2, 0.25) is 0 Å². The molecule has 0 N–H and O–H groups in total. The third-order valence-corrected chi connectivity index (χ3v) is 2.25. The molecule has 0 aromatic heterocycles. The van der Waals surface area contributed by atoms with E-state index in [4.69, 9.17) is 0 Å². The van der Waals surface area contributed by atoms with Crippen molar-refractivity contribution < 1.29 is 4.11 Å². The molecule has 1 aromatic carbocycles. The summed E-state index contributed by atoms with van der Waals surface area (Å²) in [4.78, 5) is 0. The molecule has 0 aliphatic heterocycles. The summed E-state index contributed by atoms with van der Waals surface area (Å²) in [6, 6.07) is 5.79. The SMILES string of the molecule is Cc1ccc([Si]F)c(C)c1. The third kappa shape index (κ3) is 1.45. The Bertz CT molecular complexity index is 233. The Labute approximate surface area is 63.1 Å². The number of rotatable bonds is 1. The number of hydrogen-bond donors (Lipinski definition) is 0. The molecule has 10 heavy (non-hydrogen) atoms. The third-order valence-electron chi connectivity index (χ3n) is 1.48. The minimum absolute atomic E-state index is 0.575. The van der Waals surface area contributed by atoms with Gasteiger partial charge in [0.05, 0.1) is 0 Å². The topological polar surface area (TPSA) is 0 Å². The molecule has 52 valence electrons. The lowest BCUT2D eigenvalue weighted by Gasteiger charge is -1.99. The Morgan fingerprint density at radius 3 is 2.50 bits per heavy atom. The quantitative estimate of drug-likeness (QED) is 0.423. The largest absolute Gasteiger partial charge is 0.333 e. The van der Waals surface area contributed by atoms with E-state index in [1.54, 1.807) is 0 Å². The fourth-order valence-electron chi connectivity index (χ4n) is 0.920. The molecule has 0 spiro atoms. The summed E-state index contributed by atoms with van der Waals surface area (Å²) in [5.41, 5.74) is 2.25.